The summed E-state index contributed by atoms with van der Waals surface area (Å²) in [6, 6.07) is 1.09. The first kappa shape index (κ1) is 20.5. The molecule has 4 saturated carbocycles. The van der Waals surface area contributed by atoms with Crippen molar-refractivity contribution in [2.24, 2.45) is 5.92 Å². The third-order valence-corrected chi connectivity index (χ3v) is 8.13. The summed E-state index contributed by atoms with van der Waals surface area (Å²) in [5.74, 6) is 1.17. The Morgan fingerprint density at radius 2 is 1.78 bits per heavy atom. The van der Waals surface area contributed by atoms with Crippen LogP contribution in [0.1, 0.15) is 43.5 Å². The van der Waals surface area contributed by atoms with Crippen LogP contribution >= 0.6 is 0 Å². The third kappa shape index (κ3) is 3.15. The van der Waals surface area contributed by atoms with Crippen LogP contribution in [-0.2, 0) is 18.1 Å². The first-order valence-electron chi connectivity index (χ1n) is 11.5. The highest BCUT2D eigenvalue weighted by molar-refractivity contribution is 5.62. The van der Waals surface area contributed by atoms with Crippen LogP contribution in [0.25, 0.3) is 11.3 Å². The second-order valence-corrected chi connectivity index (χ2v) is 10.5. The van der Waals surface area contributed by atoms with E-state index in [-0.39, 0.29) is 5.54 Å². The van der Waals surface area contributed by atoms with E-state index in [1.54, 1.807) is 0 Å². The Hall–Kier alpha value is -2.13. The van der Waals surface area contributed by atoms with Crippen LogP contribution < -0.4 is 5.73 Å². The number of alkyl halides is 3. The summed E-state index contributed by atoms with van der Waals surface area (Å²) in [5.41, 5.74) is 5.94. The second kappa shape index (κ2) is 6.70. The number of imidazole rings is 1. The number of rotatable bonds is 5. The molecule has 172 valence electrons. The Bertz CT molecular complexity index is 1030. The summed E-state index contributed by atoms with van der Waals surface area (Å²) in [4.78, 5) is 13.7. The minimum Gasteiger partial charge on any atom is -0.383 e. The number of hydrogen-bond acceptors (Lipinski definition) is 5. The predicted molar refractivity (Wildman–Crippen MR) is 115 cm³/mol. The van der Waals surface area contributed by atoms with Gasteiger partial charge in [0.25, 0.3) is 0 Å². The number of nitrogens with two attached hydrogens (primary N) is 1. The van der Waals surface area contributed by atoms with Gasteiger partial charge in [-0.2, -0.15) is 13.2 Å². The van der Waals surface area contributed by atoms with Crippen LogP contribution in [0.15, 0.2) is 18.5 Å². The monoisotopic (exact) mass is 446 g/mol. The molecule has 5 aliphatic rings. The summed E-state index contributed by atoms with van der Waals surface area (Å²) < 4.78 is 42.4. The largest absolute Gasteiger partial charge is 0.419 e. The Labute approximate surface area is 185 Å². The highest BCUT2D eigenvalue weighted by Gasteiger charge is 2.71. The fourth-order valence-electron chi connectivity index (χ4n) is 6.09. The minimum absolute atomic E-state index is 0.0763. The molecule has 1 saturated heterocycles. The number of anilines is 1. The van der Waals surface area contributed by atoms with Crippen molar-refractivity contribution in [3.8, 4) is 11.3 Å². The summed E-state index contributed by atoms with van der Waals surface area (Å²) in [7, 11) is 2.17. The van der Waals surface area contributed by atoms with E-state index < -0.39 is 17.6 Å². The van der Waals surface area contributed by atoms with E-state index in [1.807, 2.05) is 6.20 Å². The lowest BCUT2D eigenvalue weighted by Crippen LogP contribution is -2.80. The molecular formula is C23H29F3N6. The molecule has 5 fully saturated rings. The molecule has 7 rings (SSSR count). The number of pyridine rings is 1. The van der Waals surface area contributed by atoms with E-state index in [9.17, 15) is 13.2 Å². The van der Waals surface area contributed by atoms with E-state index in [0.717, 1.165) is 63.8 Å². The van der Waals surface area contributed by atoms with E-state index in [4.69, 9.17) is 10.7 Å². The zero-order valence-electron chi connectivity index (χ0n) is 18.3. The van der Waals surface area contributed by atoms with Gasteiger partial charge in [0.1, 0.15) is 11.6 Å². The Balaban J connectivity index is 1.29. The smallest absolute Gasteiger partial charge is 0.383 e. The maximum Gasteiger partial charge on any atom is 0.419 e. The molecule has 0 spiro atoms. The molecule has 0 aromatic carbocycles. The van der Waals surface area contributed by atoms with Crippen molar-refractivity contribution < 1.29 is 13.2 Å². The van der Waals surface area contributed by atoms with E-state index in [1.165, 1.54) is 19.0 Å². The molecule has 0 unspecified atom stereocenters. The zero-order valence-corrected chi connectivity index (χ0v) is 18.3. The lowest BCUT2D eigenvalue weighted by Gasteiger charge is -2.75. The van der Waals surface area contributed by atoms with Crippen molar-refractivity contribution in [3.63, 3.8) is 0 Å². The van der Waals surface area contributed by atoms with Gasteiger partial charge in [-0.3, -0.25) is 4.90 Å². The Morgan fingerprint density at radius 3 is 2.41 bits per heavy atom. The summed E-state index contributed by atoms with van der Waals surface area (Å²) in [5, 5.41) is 0. The summed E-state index contributed by atoms with van der Waals surface area (Å²) >= 11 is 0. The maximum atomic E-state index is 13.4. The van der Waals surface area contributed by atoms with Crippen LogP contribution in [0.2, 0.25) is 0 Å². The third-order valence-electron chi connectivity index (χ3n) is 8.13. The molecule has 2 aromatic rings. The van der Waals surface area contributed by atoms with Crippen molar-refractivity contribution in [1.82, 2.24) is 24.3 Å². The summed E-state index contributed by atoms with van der Waals surface area (Å²) in [6.45, 7) is 4.47. The van der Waals surface area contributed by atoms with Gasteiger partial charge in [0.15, 0.2) is 0 Å². The minimum atomic E-state index is -4.53. The number of piperazine rings is 1. The molecule has 0 atom stereocenters. The van der Waals surface area contributed by atoms with E-state index >= 15 is 0 Å². The highest BCUT2D eigenvalue weighted by atomic mass is 19.4. The fraction of sp³-hybridized carbons (Fsp3) is 0.652. The molecule has 6 nitrogen and oxygen atoms in total. The standard InChI is InChI=1S/C23H29F3N6/c1-30-4-6-31(7-5-30)21-12-22(13-21,14-21)32-11-18(29-19(32)8-15-2-3-15)16-9-17(23(24,25)26)20(27)28-10-16/h9-11,15H,2-8,12-14H2,1H3,(H2,27,28). The number of aromatic nitrogens is 3. The highest BCUT2D eigenvalue weighted by Crippen LogP contribution is 2.68. The van der Waals surface area contributed by atoms with Gasteiger partial charge in [0, 0.05) is 56.1 Å². The second-order valence-electron chi connectivity index (χ2n) is 10.5. The van der Waals surface area contributed by atoms with Gasteiger partial charge in [0.2, 0.25) is 0 Å². The first-order chi connectivity index (χ1) is 15.2. The quantitative estimate of drug-likeness (QED) is 0.763. The van der Waals surface area contributed by atoms with Crippen LogP contribution in [0.3, 0.4) is 0 Å². The Morgan fingerprint density at radius 1 is 1.09 bits per heavy atom. The van der Waals surface area contributed by atoms with Gasteiger partial charge in [0.05, 0.1) is 16.8 Å². The number of nitrogen functional groups attached to an aromatic ring is 1. The van der Waals surface area contributed by atoms with Crippen molar-refractivity contribution >= 4 is 5.82 Å². The van der Waals surface area contributed by atoms with Crippen molar-refractivity contribution in [2.45, 2.75) is 55.8 Å². The van der Waals surface area contributed by atoms with E-state index in [0.29, 0.717) is 22.7 Å². The molecule has 0 amide bonds. The lowest BCUT2D eigenvalue weighted by atomic mass is 9.43. The van der Waals surface area contributed by atoms with Crippen molar-refractivity contribution in [2.75, 3.05) is 39.0 Å². The molecule has 0 radical (unpaired) electrons. The molecule has 2 aromatic heterocycles. The normalized spacial score (nSPS) is 30.8. The predicted octanol–water partition coefficient (Wildman–Crippen LogP) is 3.38. The molecule has 9 heteroatoms. The summed E-state index contributed by atoms with van der Waals surface area (Å²) in [6.07, 6.45) is 5.52. The van der Waals surface area contributed by atoms with Crippen molar-refractivity contribution in [3.05, 3.63) is 29.8 Å². The van der Waals surface area contributed by atoms with Gasteiger partial charge in [-0.25, -0.2) is 9.97 Å². The first-order valence-corrected chi connectivity index (χ1v) is 11.5. The molecule has 2 N–H and O–H groups in total. The number of nitrogens with zero attached hydrogens (tertiary/aromatic N) is 5. The van der Waals surface area contributed by atoms with Crippen LogP contribution in [0, 0.1) is 5.92 Å². The van der Waals surface area contributed by atoms with Gasteiger partial charge < -0.3 is 15.2 Å². The van der Waals surface area contributed by atoms with Gasteiger partial charge in [-0.15, -0.1) is 0 Å². The molecule has 3 heterocycles. The van der Waals surface area contributed by atoms with Gasteiger partial charge in [-0.05, 0) is 51.1 Å². The number of likely N-dealkylation sites (N-methyl/N-ethyl adjacent to an activating group) is 1. The molecule has 4 aliphatic carbocycles. The average Bonchev–Trinajstić information content (AvgIpc) is 3.39. The molecule has 2 bridgehead atoms. The molecular weight excluding hydrogens is 417 g/mol. The van der Waals surface area contributed by atoms with Crippen LogP contribution in [-0.4, -0.2) is 63.1 Å². The fourth-order valence-corrected chi connectivity index (χ4v) is 6.09. The molecule has 32 heavy (non-hydrogen) atoms. The van der Waals surface area contributed by atoms with Gasteiger partial charge >= 0.3 is 6.18 Å². The maximum absolute atomic E-state index is 13.4. The van der Waals surface area contributed by atoms with Crippen molar-refractivity contribution in [1.29, 1.82) is 0 Å². The average molecular weight is 447 g/mol. The van der Waals surface area contributed by atoms with Crippen LogP contribution in [0.4, 0.5) is 19.0 Å². The van der Waals surface area contributed by atoms with Crippen LogP contribution in [0.5, 0.6) is 0 Å². The Kier molecular flexibility index (Phi) is 4.28. The topological polar surface area (TPSA) is 63.2 Å². The van der Waals surface area contributed by atoms with Gasteiger partial charge in [-0.1, -0.05) is 0 Å². The molecule has 1 aliphatic heterocycles. The number of halogens is 3. The van der Waals surface area contributed by atoms with E-state index in [2.05, 4.69) is 26.4 Å². The number of hydrogen-bond donors (Lipinski definition) is 1. The SMILES string of the molecule is CN1CCN(C23CC(n4cc(-c5cnc(N)c(C(F)(F)F)c5)nc4CC4CC4)(C2)C3)CC1. The lowest BCUT2D eigenvalue weighted by molar-refractivity contribution is -0.213. The zero-order chi connectivity index (χ0) is 22.3.